The molecule has 0 saturated carbocycles. The van der Waals surface area contributed by atoms with E-state index in [1.54, 1.807) is 6.07 Å². The Morgan fingerprint density at radius 3 is 1.18 bits per heavy atom. The van der Waals surface area contributed by atoms with Crippen molar-refractivity contribution in [2.45, 2.75) is 0 Å². The number of furan rings is 2. The van der Waals surface area contributed by atoms with Crippen LogP contribution in [0.3, 0.4) is 0 Å². The van der Waals surface area contributed by atoms with E-state index in [1.807, 2.05) is 175 Å². The number of anilines is 3. The van der Waals surface area contributed by atoms with Crippen molar-refractivity contribution in [1.82, 2.24) is 27.4 Å². The number of hydrogen-bond donors (Lipinski definition) is 0. The van der Waals surface area contributed by atoms with Gasteiger partial charge in [-0.25, -0.2) is 14.5 Å². The maximum absolute atomic E-state index is 10.9. The molecule has 0 amide bonds. The highest BCUT2D eigenvalue weighted by Crippen LogP contribution is 2.52. The van der Waals surface area contributed by atoms with E-state index in [-0.39, 0.29) is 0 Å². The first-order valence-electron chi connectivity index (χ1n) is 48.6. The van der Waals surface area contributed by atoms with Gasteiger partial charge in [0.2, 0.25) is 11.4 Å². The van der Waals surface area contributed by atoms with Crippen LogP contribution in [0.15, 0.2) is 452 Å². The largest absolute Gasteiger partial charge is 0.455 e. The molecule has 15 nitrogen and oxygen atoms in total. The lowest BCUT2D eigenvalue weighted by Gasteiger charge is -2.25. The molecule has 0 aliphatic carbocycles. The van der Waals surface area contributed by atoms with Crippen LogP contribution in [-0.2, 0) is 0 Å². The third-order valence-electron chi connectivity index (χ3n) is 29.3. The van der Waals surface area contributed by atoms with E-state index in [1.165, 1.54) is 25.6 Å². The zero-order valence-electron chi connectivity index (χ0n) is 78.7. The average Bonchev–Trinajstić information content (AvgIpc) is 1.55. The van der Waals surface area contributed by atoms with Gasteiger partial charge in [-0.15, -0.1) is 11.3 Å². The lowest BCUT2D eigenvalue weighted by molar-refractivity contribution is 0.672. The zero-order valence-corrected chi connectivity index (χ0v) is 79.5. The van der Waals surface area contributed by atoms with Crippen LogP contribution >= 0.6 is 11.3 Å². The third-order valence-corrected chi connectivity index (χ3v) is 30.5. The first kappa shape index (κ1) is 85.0. The van der Waals surface area contributed by atoms with Crippen LogP contribution in [-0.4, -0.2) is 27.4 Å². The first-order chi connectivity index (χ1) is 73.2. The standard InChI is InChI=1S/C50H29N5O.C44H24N4O.C38H20N4S/c1-52-42-30-36(28-32(31-51)49(42)55-43-21-11-8-18-37(43)38-19-9-12-22-44(38)55)54-45-26-24-35(53(33-14-4-2-5-15-33)34-16-6-3-7-17-34)29-41(45)48-46(54)27-25-40-39-20-10-13-23-47(39)56-50(40)48;1-46-30-23-29(26-45)43(48-36-16-8-5-13-31(36)32-14-6-9-17-37(32)48)40(25-30)47-38-21-19-28(27-11-3-2-4-12-27)24-35(38)42-39(47)22-20-34-33-15-7-10-18-41(33)49-44(34)42;1-40-29-19-21-33(28(22-39)37(29)42-30-14-6-2-10-23(30)24-11-3-7-15-31(24)42)41-32-16-8-4-13-27(32)36-34(41)20-18-26-25-12-5-9-17-35(25)43-38(26)36/h2-30H;2-25H;2-21H. The number of rotatable bonds is 10. The summed E-state index contributed by atoms with van der Waals surface area (Å²) < 4.78 is 28.8. The Morgan fingerprint density at radius 2 is 0.655 bits per heavy atom. The number of thiophene rings is 1. The normalized spacial score (nSPS) is 11.6. The van der Waals surface area contributed by atoms with Gasteiger partial charge in [-0.05, 0) is 187 Å². The summed E-state index contributed by atoms with van der Waals surface area (Å²) in [6.07, 6.45) is 0. The van der Waals surface area contributed by atoms with E-state index < -0.39 is 0 Å². The molecule has 0 radical (unpaired) electrons. The van der Waals surface area contributed by atoms with Gasteiger partial charge < -0.3 is 41.1 Å². The summed E-state index contributed by atoms with van der Waals surface area (Å²) >= 11 is 1.81. The van der Waals surface area contributed by atoms with Gasteiger partial charge in [-0.1, -0.05) is 267 Å². The fourth-order valence-corrected chi connectivity index (χ4v) is 24.4. The van der Waals surface area contributed by atoms with Crippen LogP contribution in [0.1, 0.15) is 16.7 Å². The quantitative estimate of drug-likeness (QED) is 0.125. The monoisotopic (exact) mass is 1900 g/mol. The van der Waals surface area contributed by atoms with Gasteiger partial charge in [-0.3, -0.25) is 0 Å². The van der Waals surface area contributed by atoms with Gasteiger partial charge in [0.1, 0.15) is 40.5 Å². The Morgan fingerprint density at radius 1 is 0.250 bits per heavy atom. The molecule has 21 aromatic carbocycles. The molecule has 0 atom stereocenters. The summed E-state index contributed by atoms with van der Waals surface area (Å²) in [5.74, 6) is 0. The van der Waals surface area contributed by atoms with Gasteiger partial charge in [-0.2, -0.15) is 15.8 Å². The number of nitriles is 3. The molecule has 0 bridgehead atoms. The van der Waals surface area contributed by atoms with Crippen LogP contribution in [0, 0.1) is 53.7 Å². The molecular weight excluding hydrogens is 1830 g/mol. The molecular formula is C132H73N13O2S. The number of fused-ring (bicyclic) bond motifs is 30. The van der Waals surface area contributed by atoms with E-state index in [0.29, 0.717) is 45.1 Å². The van der Waals surface area contributed by atoms with Crippen molar-refractivity contribution in [3.63, 3.8) is 0 Å². The van der Waals surface area contributed by atoms with Crippen molar-refractivity contribution in [2.24, 2.45) is 0 Å². The molecule has 0 unspecified atom stereocenters. The number of para-hydroxylation sites is 11. The lowest BCUT2D eigenvalue weighted by atomic mass is 10.0. The zero-order chi connectivity index (χ0) is 98.6. The van der Waals surface area contributed by atoms with Crippen molar-refractivity contribution < 1.29 is 8.83 Å². The van der Waals surface area contributed by atoms with Crippen LogP contribution in [0.2, 0.25) is 0 Å². The Labute approximate surface area is 848 Å². The van der Waals surface area contributed by atoms with E-state index in [4.69, 9.17) is 28.6 Å². The third kappa shape index (κ3) is 12.8. The molecule has 0 aliphatic rings. The van der Waals surface area contributed by atoms with Gasteiger partial charge in [0.25, 0.3) is 0 Å². The molecule has 9 aromatic heterocycles. The molecule has 148 heavy (non-hydrogen) atoms. The topological polar surface area (TPSA) is 144 Å². The van der Waals surface area contributed by atoms with Crippen LogP contribution in [0.25, 0.3) is 255 Å². The maximum atomic E-state index is 10.9. The number of aromatic nitrogens is 6. The van der Waals surface area contributed by atoms with Crippen molar-refractivity contribution in [2.75, 3.05) is 4.90 Å². The van der Waals surface area contributed by atoms with Crippen LogP contribution in [0.4, 0.5) is 34.1 Å². The molecule has 0 N–H and O–H groups in total. The highest BCUT2D eigenvalue weighted by Gasteiger charge is 2.31. The molecule has 16 heteroatoms. The summed E-state index contributed by atoms with van der Waals surface area (Å²) in [7, 11) is 0. The molecule has 30 rings (SSSR count). The molecule has 9 heterocycles. The summed E-state index contributed by atoms with van der Waals surface area (Å²) in [6, 6.07) is 158. The van der Waals surface area contributed by atoms with Gasteiger partial charge in [0.15, 0.2) is 5.69 Å². The average molecular weight is 1910 g/mol. The summed E-state index contributed by atoms with van der Waals surface area (Å²) in [5, 5.41) is 52.0. The summed E-state index contributed by atoms with van der Waals surface area (Å²) in [6.45, 7) is 24.7. The molecule has 0 fully saturated rings. The molecule has 0 spiro atoms. The number of hydrogen-bond acceptors (Lipinski definition) is 7. The second-order valence-corrected chi connectivity index (χ2v) is 38.0. The molecule has 0 aliphatic heterocycles. The Bertz CT molecular complexity index is 11000. The Balaban J connectivity index is 0.000000108. The minimum absolute atomic E-state index is 0.390. The van der Waals surface area contributed by atoms with E-state index in [9.17, 15) is 15.8 Å². The van der Waals surface area contributed by atoms with Crippen molar-refractivity contribution >= 4 is 240 Å². The van der Waals surface area contributed by atoms with Crippen molar-refractivity contribution in [3.8, 4) is 63.5 Å². The van der Waals surface area contributed by atoms with Crippen LogP contribution < -0.4 is 4.90 Å². The summed E-state index contributed by atoms with van der Waals surface area (Å²) in [4.78, 5) is 14.1. The van der Waals surface area contributed by atoms with E-state index >= 15 is 0 Å². The minimum atomic E-state index is 0.390. The van der Waals surface area contributed by atoms with Crippen molar-refractivity contribution in [3.05, 3.63) is 494 Å². The smallest absolute Gasteiger partial charge is 0.214 e. The fourth-order valence-electron chi connectivity index (χ4n) is 23.1. The highest BCUT2D eigenvalue weighted by atomic mass is 32.1. The number of nitrogens with zero attached hydrogens (tertiary/aromatic N) is 13. The second kappa shape index (κ2) is 33.9. The van der Waals surface area contributed by atoms with Gasteiger partial charge >= 0.3 is 0 Å². The molecule has 684 valence electrons. The van der Waals surface area contributed by atoms with Crippen LogP contribution in [0.5, 0.6) is 0 Å². The SMILES string of the molecule is [C-]#[N+]c1cc(-n2c3ccc(N(c4ccccc4)c4ccccc4)cc3c3c4oc5ccccc5c4ccc32)cc(C#N)c1-n1c2ccccc2c2ccccc21.[C-]#[N+]c1cc(C#N)c(-n2c3ccccc3c3ccccc32)c(-n2c3ccc(-c4ccccc4)cc3c3c4oc5ccccc5c4ccc32)c1.[C-]#[N+]c1ccc(-n2c3ccccc3c3c4sc5ccccc5c4ccc32)c(C#N)c1-n1c2ccccc2c2ccccc21. The van der Waals surface area contributed by atoms with E-state index in [0.717, 1.165) is 220 Å². The molecule has 30 aromatic rings. The first-order valence-corrected chi connectivity index (χ1v) is 49.4. The predicted molar refractivity (Wildman–Crippen MR) is 606 cm³/mol. The number of benzene rings is 21. The highest BCUT2D eigenvalue weighted by molar-refractivity contribution is 7.26. The summed E-state index contributed by atoms with van der Waals surface area (Å²) in [5.41, 5.74) is 26.8. The predicted octanol–water partition coefficient (Wildman–Crippen LogP) is 36.2. The van der Waals surface area contributed by atoms with E-state index in [2.05, 4.69) is 338 Å². The second-order valence-electron chi connectivity index (χ2n) is 37.0. The van der Waals surface area contributed by atoms with Gasteiger partial charge in [0.05, 0.1) is 142 Å². The molecule has 0 saturated heterocycles. The lowest BCUT2D eigenvalue weighted by Crippen LogP contribution is -2.09. The maximum Gasteiger partial charge on any atom is 0.214 e. The Hall–Kier alpha value is -21.0. The van der Waals surface area contributed by atoms with Gasteiger partial charge in [0, 0.05) is 118 Å². The fraction of sp³-hybridized carbons (Fsp3) is 0. The Kier molecular flexibility index (Phi) is 19.5. The minimum Gasteiger partial charge on any atom is -0.455 e. The van der Waals surface area contributed by atoms with Crippen molar-refractivity contribution in [1.29, 1.82) is 15.8 Å².